The maximum absolute atomic E-state index is 13.4. The topological polar surface area (TPSA) is 97.1 Å². The fraction of sp³-hybridized carbons (Fsp3) is 0.300. The van der Waals surface area contributed by atoms with Crippen LogP contribution in [0.3, 0.4) is 0 Å². The van der Waals surface area contributed by atoms with Crippen molar-refractivity contribution in [1.29, 1.82) is 0 Å². The summed E-state index contributed by atoms with van der Waals surface area (Å²) in [5, 5.41) is 4.81. The minimum absolute atomic E-state index is 0.125. The van der Waals surface area contributed by atoms with Gasteiger partial charge in [-0.25, -0.2) is 9.37 Å². The second-order valence-electron chi connectivity index (χ2n) is 3.24. The predicted molar refractivity (Wildman–Crippen MR) is 59.6 cm³/mol. The summed E-state index contributed by atoms with van der Waals surface area (Å²) in [6.45, 7) is 0.125. The van der Waals surface area contributed by atoms with E-state index in [2.05, 4.69) is 15.6 Å². The SMILES string of the molecule is CNC(=O)CCNC(=O)c1ccnc(N)c1F. The van der Waals surface area contributed by atoms with Crippen LogP contribution in [0.1, 0.15) is 16.8 Å². The van der Waals surface area contributed by atoms with Crippen LogP contribution < -0.4 is 16.4 Å². The van der Waals surface area contributed by atoms with Crippen molar-refractivity contribution in [1.82, 2.24) is 15.6 Å². The Morgan fingerprint density at radius 2 is 2.24 bits per heavy atom. The smallest absolute Gasteiger partial charge is 0.254 e. The lowest BCUT2D eigenvalue weighted by Crippen LogP contribution is -2.29. The molecule has 4 N–H and O–H groups in total. The van der Waals surface area contributed by atoms with Gasteiger partial charge in [-0.05, 0) is 6.07 Å². The third-order valence-electron chi connectivity index (χ3n) is 2.08. The van der Waals surface area contributed by atoms with Crippen LogP contribution in [0.5, 0.6) is 0 Å². The van der Waals surface area contributed by atoms with Crippen molar-refractivity contribution in [2.75, 3.05) is 19.3 Å². The summed E-state index contributed by atoms with van der Waals surface area (Å²) in [4.78, 5) is 25.9. The van der Waals surface area contributed by atoms with Crippen molar-refractivity contribution in [2.24, 2.45) is 0 Å². The zero-order valence-corrected chi connectivity index (χ0v) is 9.29. The molecular formula is C10H13FN4O2. The van der Waals surface area contributed by atoms with Gasteiger partial charge < -0.3 is 16.4 Å². The van der Waals surface area contributed by atoms with E-state index in [0.29, 0.717) is 0 Å². The minimum atomic E-state index is -0.857. The standard InChI is InChI=1S/C10H13FN4O2/c1-13-7(16)3-5-15-10(17)6-2-4-14-9(12)8(6)11/h2,4H,3,5H2,1H3,(H2,12,14)(H,13,16)(H,15,17). The van der Waals surface area contributed by atoms with Crippen molar-refractivity contribution in [3.8, 4) is 0 Å². The summed E-state index contributed by atoms with van der Waals surface area (Å²) >= 11 is 0. The Bertz CT molecular complexity index is 436. The quantitative estimate of drug-likeness (QED) is 0.671. The third-order valence-corrected chi connectivity index (χ3v) is 2.08. The molecule has 0 aromatic carbocycles. The highest BCUT2D eigenvalue weighted by atomic mass is 19.1. The van der Waals surface area contributed by atoms with E-state index in [1.165, 1.54) is 19.3 Å². The Balaban J connectivity index is 2.59. The number of nitrogens with zero attached hydrogens (tertiary/aromatic N) is 1. The first-order chi connectivity index (χ1) is 8.06. The number of carbonyl (C=O) groups is 2. The van der Waals surface area contributed by atoms with Crippen LogP contribution >= 0.6 is 0 Å². The van der Waals surface area contributed by atoms with Gasteiger partial charge in [0.2, 0.25) is 5.91 Å². The second kappa shape index (κ2) is 5.78. The van der Waals surface area contributed by atoms with Crippen LogP contribution in [0, 0.1) is 5.82 Å². The molecule has 0 fully saturated rings. The fourth-order valence-electron chi connectivity index (χ4n) is 1.15. The monoisotopic (exact) mass is 240 g/mol. The van der Waals surface area contributed by atoms with Crippen LogP contribution in [0.4, 0.5) is 10.2 Å². The van der Waals surface area contributed by atoms with E-state index in [4.69, 9.17) is 5.73 Å². The molecule has 0 saturated heterocycles. The number of hydrogen-bond donors (Lipinski definition) is 3. The molecule has 1 aromatic heterocycles. The summed E-state index contributed by atoms with van der Waals surface area (Å²) in [5.74, 6) is -2.02. The number of carbonyl (C=O) groups excluding carboxylic acids is 2. The Kier molecular flexibility index (Phi) is 4.38. The maximum atomic E-state index is 13.4. The molecule has 17 heavy (non-hydrogen) atoms. The first-order valence-corrected chi connectivity index (χ1v) is 4.95. The molecule has 0 aliphatic heterocycles. The van der Waals surface area contributed by atoms with Crippen LogP contribution in [0.15, 0.2) is 12.3 Å². The van der Waals surface area contributed by atoms with E-state index < -0.39 is 11.7 Å². The molecule has 92 valence electrons. The number of halogens is 1. The first kappa shape index (κ1) is 12.9. The average Bonchev–Trinajstić information content (AvgIpc) is 2.32. The van der Waals surface area contributed by atoms with Crippen LogP contribution in [-0.4, -0.2) is 30.4 Å². The predicted octanol–water partition coefficient (Wildman–Crippen LogP) is -0.331. The number of aromatic nitrogens is 1. The zero-order valence-electron chi connectivity index (χ0n) is 9.29. The van der Waals surface area contributed by atoms with Gasteiger partial charge in [0.05, 0.1) is 5.56 Å². The number of hydrogen-bond acceptors (Lipinski definition) is 4. The fourth-order valence-corrected chi connectivity index (χ4v) is 1.15. The Morgan fingerprint density at radius 3 is 2.88 bits per heavy atom. The van der Waals surface area contributed by atoms with Gasteiger partial charge in [-0.3, -0.25) is 9.59 Å². The highest BCUT2D eigenvalue weighted by Gasteiger charge is 2.14. The molecule has 1 aromatic rings. The van der Waals surface area contributed by atoms with Gasteiger partial charge in [0.25, 0.3) is 5.91 Å². The number of anilines is 1. The van der Waals surface area contributed by atoms with Gasteiger partial charge in [-0.15, -0.1) is 0 Å². The number of amides is 2. The molecule has 7 heteroatoms. The molecule has 0 atom stereocenters. The molecule has 0 spiro atoms. The minimum Gasteiger partial charge on any atom is -0.381 e. The van der Waals surface area contributed by atoms with Gasteiger partial charge in [0, 0.05) is 26.2 Å². The van der Waals surface area contributed by atoms with Gasteiger partial charge in [0.15, 0.2) is 11.6 Å². The van der Waals surface area contributed by atoms with E-state index in [1.807, 2.05) is 0 Å². The lowest BCUT2D eigenvalue weighted by molar-refractivity contribution is -0.120. The highest BCUT2D eigenvalue weighted by Crippen LogP contribution is 2.11. The van der Waals surface area contributed by atoms with Crippen molar-refractivity contribution in [3.05, 3.63) is 23.6 Å². The number of nitrogens with two attached hydrogens (primary N) is 1. The lowest BCUT2D eigenvalue weighted by Gasteiger charge is -2.06. The molecular weight excluding hydrogens is 227 g/mol. The Morgan fingerprint density at radius 1 is 1.53 bits per heavy atom. The normalized spacial score (nSPS) is 9.76. The van der Waals surface area contributed by atoms with Crippen molar-refractivity contribution in [2.45, 2.75) is 6.42 Å². The first-order valence-electron chi connectivity index (χ1n) is 4.95. The van der Waals surface area contributed by atoms with E-state index >= 15 is 0 Å². The second-order valence-corrected chi connectivity index (χ2v) is 3.24. The molecule has 0 unspecified atom stereocenters. The van der Waals surface area contributed by atoms with Crippen molar-refractivity contribution >= 4 is 17.6 Å². The average molecular weight is 240 g/mol. The van der Waals surface area contributed by atoms with Gasteiger partial charge in [-0.1, -0.05) is 0 Å². The van der Waals surface area contributed by atoms with Crippen LogP contribution in [0.25, 0.3) is 0 Å². The Labute approximate surface area is 97.4 Å². The van der Waals surface area contributed by atoms with Gasteiger partial charge in [0.1, 0.15) is 0 Å². The van der Waals surface area contributed by atoms with Gasteiger partial charge >= 0.3 is 0 Å². The molecule has 2 amide bonds. The number of nitrogens with one attached hydrogen (secondary N) is 2. The summed E-state index contributed by atoms with van der Waals surface area (Å²) < 4.78 is 13.4. The van der Waals surface area contributed by atoms with Crippen molar-refractivity contribution < 1.29 is 14.0 Å². The zero-order chi connectivity index (χ0) is 12.8. The van der Waals surface area contributed by atoms with E-state index in [1.54, 1.807) is 0 Å². The van der Waals surface area contributed by atoms with Crippen molar-refractivity contribution in [3.63, 3.8) is 0 Å². The molecule has 0 saturated carbocycles. The summed E-state index contributed by atoms with van der Waals surface area (Å²) in [6, 6.07) is 1.22. The Hall–Kier alpha value is -2.18. The molecule has 0 aliphatic carbocycles. The maximum Gasteiger partial charge on any atom is 0.254 e. The number of pyridine rings is 1. The molecule has 0 aliphatic rings. The summed E-state index contributed by atoms with van der Waals surface area (Å²) in [6.07, 6.45) is 1.37. The number of nitrogen functional groups attached to an aromatic ring is 1. The molecule has 1 rings (SSSR count). The molecule has 6 nitrogen and oxygen atoms in total. The number of rotatable bonds is 4. The van der Waals surface area contributed by atoms with E-state index in [-0.39, 0.29) is 30.3 Å². The van der Waals surface area contributed by atoms with Crippen LogP contribution in [-0.2, 0) is 4.79 Å². The van der Waals surface area contributed by atoms with Crippen LogP contribution in [0.2, 0.25) is 0 Å². The van der Waals surface area contributed by atoms with E-state index in [9.17, 15) is 14.0 Å². The lowest BCUT2D eigenvalue weighted by atomic mass is 10.2. The largest absolute Gasteiger partial charge is 0.381 e. The summed E-state index contributed by atoms with van der Waals surface area (Å²) in [5.41, 5.74) is 5.04. The summed E-state index contributed by atoms with van der Waals surface area (Å²) in [7, 11) is 1.49. The van der Waals surface area contributed by atoms with Gasteiger partial charge in [-0.2, -0.15) is 0 Å². The molecule has 1 heterocycles. The third kappa shape index (κ3) is 3.40. The van der Waals surface area contributed by atoms with E-state index in [0.717, 1.165) is 0 Å². The molecule has 0 bridgehead atoms. The highest BCUT2D eigenvalue weighted by molar-refractivity contribution is 5.95. The molecule has 0 radical (unpaired) electrons.